The molecule has 2 rings (SSSR count). The van der Waals surface area contributed by atoms with Crippen LogP contribution in [0.4, 0.5) is 5.69 Å². The van der Waals surface area contributed by atoms with Crippen LogP contribution in [0, 0.1) is 5.92 Å². The molecule has 1 aromatic carbocycles. The van der Waals surface area contributed by atoms with Crippen LogP contribution in [0.2, 0.25) is 0 Å². The summed E-state index contributed by atoms with van der Waals surface area (Å²) in [4.78, 5) is 12.7. The van der Waals surface area contributed by atoms with Gasteiger partial charge in [0, 0.05) is 12.8 Å². The third kappa shape index (κ3) is 4.71. The van der Waals surface area contributed by atoms with Gasteiger partial charge >= 0.3 is 0 Å². The van der Waals surface area contributed by atoms with Crippen LogP contribution in [0.15, 0.2) is 24.3 Å². The summed E-state index contributed by atoms with van der Waals surface area (Å²) in [6, 6.07) is 7.56. The Morgan fingerprint density at radius 3 is 2.70 bits per heavy atom. The summed E-state index contributed by atoms with van der Waals surface area (Å²) in [6.45, 7) is 5.05. The Kier molecular flexibility index (Phi) is 6.46. The lowest BCUT2D eigenvalue weighted by Gasteiger charge is -2.37. The number of ether oxygens (including phenoxy) is 2. The predicted octanol–water partition coefficient (Wildman–Crippen LogP) is 4.40. The molecule has 4 nitrogen and oxygen atoms in total. The number of anilines is 1. The molecule has 23 heavy (non-hydrogen) atoms. The average Bonchev–Trinajstić information content (AvgIpc) is 2.56. The van der Waals surface area contributed by atoms with Crippen molar-refractivity contribution in [3.8, 4) is 5.75 Å². The lowest BCUT2D eigenvalue weighted by atomic mass is 9.78. The molecule has 1 aliphatic rings. The first-order valence-electron chi connectivity index (χ1n) is 8.69. The molecular weight excluding hydrogens is 290 g/mol. The van der Waals surface area contributed by atoms with Crippen LogP contribution in [-0.2, 0) is 9.53 Å². The van der Waals surface area contributed by atoms with Crippen molar-refractivity contribution in [3.63, 3.8) is 0 Å². The van der Waals surface area contributed by atoms with Crippen LogP contribution in [-0.4, -0.2) is 25.2 Å². The molecule has 0 spiro atoms. The van der Waals surface area contributed by atoms with Crippen LogP contribution in [0.3, 0.4) is 0 Å². The molecule has 1 saturated carbocycles. The number of hydrogen-bond acceptors (Lipinski definition) is 3. The number of hydrogen-bond donors (Lipinski definition) is 1. The van der Waals surface area contributed by atoms with E-state index in [0.717, 1.165) is 50.1 Å². The zero-order valence-electron chi connectivity index (χ0n) is 14.6. The summed E-state index contributed by atoms with van der Waals surface area (Å²) in [6.07, 6.45) is 5.94. The molecule has 0 aliphatic heterocycles. The van der Waals surface area contributed by atoms with Crippen molar-refractivity contribution in [1.82, 2.24) is 0 Å². The second-order valence-electron chi connectivity index (χ2n) is 6.58. The molecule has 1 aromatic rings. The third-order valence-electron chi connectivity index (χ3n) is 4.64. The lowest BCUT2D eigenvalue weighted by molar-refractivity contribution is -0.143. The molecule has 0 saturated heterocycles. The van der Waals surface area contributed by atoms with E-state index in [4.69, 9.17) is 9.47 Å². The van der Waals surface area contributed by atoms with Crippen molar-refractivity contribution in [2.45, 2.75) is 58.0 Å². The first-order valence-corrected chi connectivity index (χ1v) is 8.69. The Balaban J connectivity index is 1.96. The minimum Gasteiger partial charge on any atom is -0.494 e. The van der Waals surface area contributed by atoms with Crippen molar-refractivity contribution < 1.29 is 14.3 Å². The van der Waals surface area contributed by atoms with Gasteiger partial charge in [-0.25, -0.2) is 0 Å². The number of rotatable bonds is 7. The summed E-state index contributed by atoms with van der Waals surface area (Å²) >= 11 is 0. The minimum absolute atomic E-state index is 0.0359. The highest BCUT2D eigenvalue weighted by atomic mass is 16.5. The van der Waals surface area contributed by atoms with E-state index >= 15 is 0 Å². The Labute approximate surface area is 139 Å². The van der Waals surface area contributed by atoms with Gasteiger partial charge in [-0.15, -0.1) is 0 Å². The van der Waals surface area contributed by atoms with Gasteiger partial charge in [0.15, 0.2) is 0 Å². The molecule has 2 atom stereocenters. The van der Waals surface area contributed by atoms with Gasteiger partial charge in [-0.05, 0) is 55.9 Å². The van der Waals surface area contributed by atoms with E-state index < -0.39 is 5.60 Å². The second kappa shape index (κ2) is 8.34. The van der Waals surface area contributed by atoms with Gasteiger partial charge in [-0.3, -0.25) is 4.79 Å². The fourth-order valence-electron chi connectivity index (χ4n) is 3.20. The summed E-state index contributed by atoms with van der Waals surface area (Å²) in [5.74, 6) is 1.32. The summed E-state index contributed by atoms with van der Waals surface area (Å²) < 4.78 is 11.3. The first-order chi connectivity index (χ1) is 11.1. The fraction of sp³-hybridized carbons (Fsp3) is 0.632. The Bertz CT molecular complexity index is 500. The Morgan fingerprint density at radius 1 is 1.35 bits per heavy atom. The zero-order chi connectivity index (χ0) is 16.7. The summed E-state index contributed by atoms with van der Waals surface area (Å²) in [5.41, 5.74) is 0.0982. The smallest absolute Gasteiger partial charge is 0.256 e. The van der Waals surface area contributed by atoms with Gasteiger partial charge in [0.25, 0.3) is 5.91 Å². The lowest BCUT2D eigenvalue weighted by Crippen LogP contribution is -2.47. The van der Waals surface area contributed by atoms with Crippen LogP contribution in [0.25, 0.3) is 0 Å². The monoisotopic (exact) mass is 319 g/mol. The highest BCUT2D eigenvalue weighted by Gasteiger charge is 2.41. The molecule has 1 N–H and O–H groups in total. The van der Waals surface area contributed by atoms with Crippen LogP contribution in [0.1, 0.15) is 52.4 Å². The first kappa shape index (κ1) is 17.8. The topological polar surface area (TPSA) is 47.6 Å². The van der Waals surface area contributed by atoms with E-state index in [-0.39, 0.29) is 5.91 Å². The average molecular weight is 319 g/mol. The van der Waals surface area contributed by atoms with Gasteiger partial charge in [-0.1, -0.05) is 26.7 Å². The van der Waals surface area contributed by atoms with Crippen molar-refractivity contribution >= 4 is 11.6 Å². The third-order valence-corrected chi connectivity index (χ3v) is 4.64. The van der Waals surface area contributed by atoms with Crippen LogP contribution in [0.5, 0.6) is 5.75 Å². The molecule has 4 heteroatoms. The molecule has 1 amide bonds. The van der Waals surface area contributed by atoms with E-state index in [0.29, 0.717) is 5.92 Å². The number of nitrogens with one attached hydrogen (secondary N) is 1. The van der Waals surface area contributed by atoms with E-state index in [1.807, 2.05) is 24.3 Å². The normalized spacial score (nSPS) is 24.2. The quantitative estimate of drug-likeness (QED) is 0.758. The predicted molar refractivity (Wildman–Crippen MR) is 92.8 cm³/mol. The number of carbonyl (C=O) groups is 1. The maximum atomic E-state index is 12.7. The van der Waals surface area contributed by atoms with Crippen molar-refractivity contribution in [2.75, 3.05) is 19.0 Å². The molecule has 0 radical (unpaired) electrons. The molecule has 0 bridgehead atoms. The minimum atomic E-state index is -0.687. The van der Waals surface area contributed by atoms with Crippen molar-refractivity contribution in [3.05, 3.63) is 24.3 Å². The van der Waals surface area contributed by atoms with E-state index in [1.165, 1.54) is 6.42 Å². The molecule has 1 aliphatic carbocycles. The van der Waals surface area contributed by atoms with Gasteiger partial charge in [-0.2, -0.15) is 0 Å². The Hall–Kier alpha value is -1.55. The SMILES string of the molecule is CCCCOc1ccc(NC(=O)[C@]2(OC)CCC[C@@H](C)C2)cc1. The van der Waals surface area contributed by atoms with E-state index in [2.05, 4.69) is 19.2 Å². The maximum Gasteiger partial charge on any atom is 0.256 e. The zero-order valence-corrected chi connectivity index (χ0v) is 14.6. The number of carbonyl (C=O) groups excluding carboxylic acids is 1. The molecule has 0 aromatic heterocycles. The highest BCUT2D eigenvalue weighted by Crippen LogP contribution is 2.35. The number of benzene rings is 1. The largest absolute Gasteiger partial charge is 0.494 e. The number of unbranched alkanes of at least 4 members (excludes halogenated alkanes) is 1. The van der Waals surface area contributed by atoms with Gasteiger partial charge < -0.3 is 14.8 Å². The van der Waals surface area contributed by atoms with Crippen LogP contribution < -0.4 is 10.1 Å². The molecule has 0 unspecified atom stereocenters. The molecule has 128 valence electrons. The molecular formula is C19H29NO3. The fourth-order valence-corrected chi connectivity index (χ4v) is 3.20. The van der Waals surface area contributed by atoms with Gasteiger partial charge in [0.1, 0.15) is 11.4 Å². The number of amides is 1. The van der Waals surface area contributed by atoms with Crippen LogP contribution >= 0.6 is 0 Å². The molecule has 1 fully saturated rings. The van der Waals surface area contributed by atoms with E-state index in [9.17, 15) is 4.79 Å². The Morgan fingerprint density at radius 2 is 2.09 bits per heavy atom. The summed E-state index contributed by atoms with van der Waals surface area (Å²) in [5, 5.41) is 3.00. The second-order valence-corrected chi connectivity index (χ2v) is 6.58. The number of methoxy groups -OCH3 is 1. The standard InChI is InChI=1S/C19H29NO3/c1-4-5-13-23-17-10-8-16(9-11-17)20-18(21)19(22-3)12-6-7-15(2)14-19/h8-11,15H,4-7,12-14H2,1-3H3,(H,20,21)/t15-,19+/m1/s1. The van der Waals surface area contributed by atoms with E-state index in [1.54, 1.807) is 7.11 Å². The van der Waals surface area contributed by atoms with Gasteiger partial charge in [0.05, 0.1) is 6.61 Å². The molecule has 0 heterocycles. The summed E-state index contributed by atoms with van der Waals surface area (Å²) in [7, 11) is 1.64. The highest BCUT2D eigenvalue weighted by molar-refractivity contribution is 5.97. The van der Waals surface area contributed by atoms with Crippen molar-refractivity contribution in [2.24, 2.45) is 5.92 Å². The van der Waals surface area contributed by atoms with Gasteiger partial charge in [0.2, 0.25) is 0 Å². The maximum absolute atomic E-state index is 12.7. The van der Waals surface area contributed by atoms with Crippen molar-refractivity contribution in [1.29, 1.82) is 0 Å².